The van der Waals surface area contributed by atoms with Gasteiger partial charge in [-0.15, -0.1) is 0 Å². The Morgan fingerprint density at radius 1 is 1.25 bits per heavy atom. The van der Waals surface area contributed by atoms with Crippen LogP contribution in [0.3, 0.4) is 0 Å². The van der Waals surface area contributed by atoms with E-state index in [4.69, 9.17) is 0 Å². The van der Waals surface area contributed by atoms with E-state index in [0.717, 1.165) is 6.54 Å². The van der Waals surface area contributed by atoms with Crippen molar-refractivity contribution < 1.29 is 13.2 Å². The number of benzene rings is 1. The third-order valence-corrected chi connectivity index (χ3v) is 3.48. The van der Waals surface area contributed by atoms with E-state index in [1.54, 1.807) is 24.3 Å². The van der Waals surface area contributed by atoms with Gasteiger partial charge in [-0.25, -0.2) is 4.98 Å². The smallest absolute Gasteiger partial charge is 0.318 e. The predicted molar refractivity (Wildman–Crippen MR) is 70.2 cm³/mol. The average Bonchev–Trinajstić information content (AvgIpc) is 3.13. The molecule has 2 aromatic rings. The molecule has 1 heterocycles. The lowest BCUT2D eigenvalue weighted by Gasteiger charge is -2.12. The first-order valence-corrected chi connectivity index (χ1v) is 6.74. The van der Waals surface area contributed by atoms with Crippen molar-refractivity contribution in [2.45, 2.75) is 32.1 Å². The van der Waals surface area contributed by atoms with Gasteiger partial charge in [0, 0.05) is 0 Å². The number of para-hydroxylation sites is 2. The van der Waals surface area contributed by atoms with E-state index in [1.165, 1.54) is 17.4 Å². The van der Waals surface area contributed by atoms with E-state index in [2.05, 4.69) is 10.3 Å². The molecule has 6 heteroatoms. The van der Waals surface area contributed by atoms with Crippen molar-refractivity contribution >= 4 is 11.0 Å². The van der Waals surface area contributed by atoms with Crippen LogP contribution in [0.15, 0.2) is 24.3 Å². The summed E-state index contributed by atoms with van der Waals surface area (Å²) in [6, 6.07) is 6.94. The van der Waals surface area contributed by atoms with Gasteiger partial charge < -0.3 is 9.88 Å². The highest BCUT2D eigenvalue weighted by Gasteiger charge is 2.30. The minimum Gasteiger partial charge on any atom is -0.318 e. The second kappa shape index (κ2) is 5.09. The Hall–Kier alpha value is -1.56. The van der Waals surface area contributed by atoms with Crippen LogP contribution >= 0.6 is 0 Å². The van der Waals surface area contributed by atoms with Crippen LogP contribution in [0.2, 0.25) is 0 Å². The summed E-state index contributed by atoms with van der Waals surface area (Å²) in [5, 5.41) is 3.20. The van der Waals surface area contributed by atoms with E-state index >= 15 is 0 Å². The zero-order valence-electron chi connectivity index (χ0n) is 11.0. The van der Waals surface area contributed by atoms with Crippen molar-refractivity contribution in [2.75, 3.05) is 6.54 Å². The van der Waals surface area contributed by atoms with Crippen molar-refractivity contribution in [2.24, 2.45) is 5.92 Å². The Morgan fingerprint density at radius 2 is 2.00 bits per heavy atom. The van der Waals surface area contributed by atoms with Gasteiger partial charge in [0.05, 0.1) is 17.6 Å². The Kier molecular flexibility index (Phi) is 3.41. The molecule has 3 nitrogen and oxygen atoms in total. The molecule has 1 aliphatic carbocycles. The van der Waals surface area contributed by atoms with E-state index in [0.29, 0.717) is 29.3 Å². The monoisotopic (exact) mass is 283 g/mol. The number of nitrogens with zero attached hydrogens (tertiary/aromatic N) is 2. The summed E-state index contributed by atoms with van der Waals surface area (Å²) in [4.78, 5) is 4.31. The van der Waals surface area contributed by atoms with Crippen molar-refractivity contribution in [3.63, 3.8) is 0 Å². The van der Waals surface area contributed by atoms with E-state index < -0.39 is 12.7 Å². The number of rotatable bonds is 5. The topological polar surface area (TPSA) is 29.9 Å². The van der Waals surface area contributed by atoms with Gasteiger partial charge in [0.25, 0.3) is 0 Å². The standard InChI is InChI=1S/C14H16F3N3/c15-14(16,17)9-20-12-4-2-1-3-11(12)19-13(20)8-18-7-10-5-6-10/h1-4,10,18H,5-9H2. The molecule has 0 saturated heterocycles. The largest absolute Gasteiger partial charge is 0.406 e. The van der Waals surface area contributed by atoms with Gasteiger partial charge >= 0.3 is 6.18 Å². The summed E-state index contributed by atoms with van der Waals surface area (Å²) < 4.78 is 39.4. The molecule has 1 N–H and O–H groups in total. The summed E-state index contributed by atoms with van der Waals surface area (Å²) in [6.45, 7) is 0.241. The maximum Gasteiger partial charge on any atom is 0.406 e. The molecule has 0 unspecified atom stereocenters. The third-order valence-electron chi connectivity index (χ3n) is 3.48. The average molecular weight is 283 g/mol. The molecular formula is C14H16F3N3. The van der Waals surface area contributed by atoms with Crippen LogP contribution in [-0.2, 0) is 13.1 Å². The SMILES string of the molecule is FC(F)(F)Cn1c(CNCC2CC2)nc2ccccc21. The summed E-state index contributed by atoms with van der Waals surface area (Å²) in [5.74, 6) is 1.14. The van der Waals surface area contributed by atoms with Gasteiger partial charge in [0.15, 0.2) is 0 Å². The minimum atomic E-state index is -4.24. The fraction of sp³-hybridized carbons (Fsp3) is 0.500. The highest BCUT2D eigenvalue weighted by molar-refractivity contribution is 5.75. The van der Waals surface area contributed by atoms with Crippen LogP contribution in [0.4, 0.5) is 13.2 Å². The molecule has 1 saturated carbocycles. The maximum atomic E-state index is 12.7. The first kappa shape index (κ1) is 13.4. The van der Waals surface area contributed by atoms with Crippen LogP contribution in [-0.4, -0.2) is 22.3 Å². The molecule has 0 bridgehead atoms. The van der Waals surface area contributed by atoms with Crippen LogP contribution in [0.5, 0.6) is 0 Å². The predicted octanol–water partition coefficient (Wildman–Crippen LogP) is 3.10. The minimum absolute atomic E-state index is 0.376. The Balaban J connectivity index is 1.85. The fourth-order valence-corrected chi connectivity index (χ4v) is 2.33. The quantitative estimate of drug-likeness (QED) is 0.913. The molecule has 3 rings (SSSR count). The van der Waals surface area contributed by atoms with Crippen molar-refractivity contribution in [3.8, 4) is 0 Å². The molecule has 0 spiro atoms. The molecule has 20 heavy (non-hydrogen) atoms. The number of hydrogen-bond donors (Lipinski definition) is 1. The Labute approximate surface area is 114 Å². The van der Waals surface area contributed by atoms with Gasteiger partial charge in [0.2, 0.25) is 0 Å². The molecule has 0 radical (unpaired) electrons. The van der Waals surface area contributed by atoms with Crippen molar-refractivity contribution in [1.29, 1.82) is 0 Å². The number of aromatic nitrogens is 2. The molecule has 0 amide bonds. The molecule has 1 fully saturated rings. The molecule has 108 valence electrons. The van der Waals surface area contributed by atoms with Gasteiger partial charge in [-0.1, -0.05) is 12.1 Å². The van der Waals surface area contributed by atoms with Crippen LogP contribution < -0.4 is 5.32 Å². The third kappa shape index (κ3) is 3.12. The first-order valence-electron chi connectivity index (χ1n) is 6.74. The number of halogens is 3. The lowest BCUT2D eigenvalue weighted by Crippen LogP contribution is -2.23. The number of alkyl halides is 3. The molecule has 0 atom stereocenters. The Bertz CT molecular complexity index is 599. The van der Waals surface area contributed by atoms with Gasteiger partial charge in [-0.05, 0) is 37.4 Å². The lowest BCUT2D eigenvalue weighted by atomic mass is 10.3. The zero-order valence-corrected chi connectivity index (χ0v) is 11.0. The molecule has 1 aromatic heterocycles. The summed E-state index contributed by atoms with van der Waals surface area (Å²) in [5.41, 5.74) is 1.15. The maximum absolute atomic E-state index is 12.7. The van der Waals surface area contributed by atoms with Gasteiger partial charge in [-0.2, -0.15) is 13.2 Å². The molecule has 1 aliphatic rings. The summed E-state index contributed by atoms with van der Waals surface area (Å²) in [7, 11) is 0. The number of imidazole rings is 1. The highest BCUT2D eigenvalue weighted by Crippen LogP contribution is 2.28. The van der Waals surface area contributed by atoms with Crippen LogP contribution in [0.1, 0.15) is 18.7 Å². The number of fused-ring (bicyclic) bond motifs is 1. The van der Waals surface area contributed by atoms with Gasteiger partial charge in [0.1, 0.15) is 12.4 Å². The molecule has 0 aliphatic heterocycles. The van der Waals surface area contributed by atoms with Crippen LogP contribution in [0, 0.1) is 5.92 Å². The van der Waals surface area contributed by atoms with Crippen molar-refractivity contribution in [1.82, 2.24) is 14.9 Å². The van der Waals surface area contributed by atoms with Gasteiger partial charge in [-0.3, -0.25) is 0 Å². The highest BCUT2D eigenvalue weighted by atomic mass is 19.4. The lowest BCUT2D eigenvalue weighted by molar-refractivity contribution is -0.140. The second-order valence-corrected chi connectivity index (χ2v) is 5.29. The Morgan fingerprint density at radius 3 is 2.70 bits per heavy atom. The van der Waals surface area contributed by atoms with E-state index in [1.807, 2.05) is 0 Å². The molecular weight excluding hydrogens is 267 g/mol. The van der Waals surface area contributed by atoms with E-state index in [-0.39, 0.29) is 0 Å². The normalized spacial score (nSPS) is 15.9. The zero-order chi connectivity index (χ0) is 14.2. The molecule has 1 aromatic carbocycles. The fourth-order valence-electron chi connectivity index (χ4n) is 2.33. The first-order chi connectivity index (χ1) is 9.53. The van der Waals surface area contributed by atoms with Crippen molar-refractivity contribution in [3.05, 3.63) is 30.1 Å². The van der Waals surface area contributed by atoms with E-state index in [9.17, 15) is 13.2 Å². The van der Waals surface area contributed by atoms with Crippen LogP contribution in [0.25, 0.3) is 11.0 Å². The number of hydrogen-bond acceptors (Lipinski definition) is 2. The second-order valence-electron chi connectivity index (χ2n) is 5.29. The number of nitrogens with one attached hydrogen (secondary N) is 1. The summed E-state index contributed by atoms with van der Waals surface area (Å²) in [6.07, 6.45) is -1.81. The summed E-state index contributed by atoms with van der Waals surface area (Å²) >= 11 is 0.